The molecule has 1 heterocycles. The molecule has 1 N–H and O–H groups in total. The van der Waals surface area contributed by atoms with Crippen LogP contribution >= 0.6 is 0 Å². The average molecular weight is 380 g/mol. The van der Waals surface area contributed by atoms with E-state index in [2.05, 4.69) is 10.4 Å². The molecule has 0 aliphatic heterocycles. The maximum Gasteiger partial charge on any atom is 0.406 e. The van der Waals surface area contributed by atoms with Crippen molar-refractivity contribution in [3.05, 3.63) is 11.3 Å². The second kappa shape index (κ2) is 6.38. The summed E-state index contributed by atoms with van der Waals surface area (Å²) in [5, 5.41) is 6.65. The molecule has 1 aromatic heterocycles. The summed E-state index contributed by atoms with van der Waals surface area (Å²) in [5.41, 5.74) is 1.36. The minimum Gasteiger partial charge on any atom is -0.318 e. The number of anilines is 1. The number of halogens is 5. The van der Waals surface area contributed by atoms with Crippen molar-refractivity contribution in [1.82, 2.24) is 14.7 Å². The number of aryl methyl sites for hydroxylation is 1. The first-order valence-corrected chi connectivity index (χ1v) is 8.50. The molecule has 10 heteroatoms. The van der Waals surface area contributed by atoms with Gasteiger partial charge < -0.3 is 4.90 Å². The summed E-state index contributed by atoms with van der Waals surface area (Å²) in [7, 11) is 2.66. The van der Waals surface area contributed by atoms with E-state index < -0.39 is 24.7 Å². The van der Waals surface area contributed by atoms with Crippen LogP contribution in [-0.4, -0.2) is 46.4 Å². The van der Waals surface area contributed by atoms with Gasteiger partial charge in [0.05, 0.1) is 0 Å². The van der Waals surface area contributed by atoms with E-state index in [1.807, 2.05) is 0 Å². The van der Waals surface area contributed by atoms with Crippen LogP contribution in [0.25, 0.3) is 0 Å². The standard InChI is InChI=1S/C16H21F5N4O/c1-24(8-16(19,20)21)14(26)22-13-11(9-4-3-5-9)12(25(2)23-13)10-6-15(17,18)7-10/h9-10H,3-8H2,1-2H3,(H,22,23,26). The van der Waals surface area contributed by atoms with E-state index >= 15 is 0 Å². The number of alkyl halides is 5. The van der Waals surface area contributed by atoms with E-state index in [1.54, 1.807) is 7.05 Å². The van der Waals surface area contributed by atoms with Crippen LogP contribution in [-0.2, 0) is 7.05 Å². The molecular weight excluding hydrogens is 359 g/mol. The molecule has 2 fully saturated rings. The molecule has 3 rings (SSSR count). The highest BCUT2D eigenvalue weighted by Gasteiger charge is 2.49. The molecule has 2 aliphatic carbocycles. The van der Waals surface area contributed by atoms with Crippen LogP contribution < -0.4 is 5.32 Å². The smallest absolute Gasteiger partial charge is 0.318 e. The highest BCUT2D eigenvalue weighted by molar-refractivity contribution is 5.89. The number of carbonyl (C=O) groups excluding carboxylic acids is 1. The molecule has 0 bridgehead atoms. The lowest BCUT2D eigenvalue weighted by atomic mass is 9.72. The first-order valence-electron chi connectivity index (χ1n) is 8.50. The van der Waals surface area contributed by atoms with Gasteiger partial charge in [-0.3, -0.25) is 10.00 Å². The first-order chi connectivity index (χ1) is 12.0. The molecule has 2 amide bonds. The van der Waals surface area contributed by atoms with Gasteiger partial charge in [-0.25, -0.2) is 13.6 Å². The third-order valence-corrected chi connectivity index (χ3v) is 5.11. The lowest BCUT2D eigenvalue weighted by molar-refractivity contribution is -0.137. The third-order valence-electron chi connectivity index (χ3n) is 5.11. The maximum atomic E-state index is 13.3. The number of urea groups is 1. The molecule has 2 saturated carbocycles. The summed E-state index contributed by atoms with van der Waals surface area (Å²) < 4.78 is 65.5. The lowest BCUT2D eigenvalue weighted by Gasteiger charge is -2.37. The fourth-order valence-electron chi connectivity index (χ4n) is 3.62. The molecule has 5 nitrogen and oxygen atoms in total. The Bertz CT molecular complexity index is 688. The molecule has 0 radical (unpaired) electrons. The van der Waals surface area contributed by atoms with E-state index in [4.69, 9.17) is 0 Å². The van der Waals surface area contributed by atoms with Gasteiger partial charge in [0, 0.05) is 44.1 Å². The van der Waals surface area contributed by atoms with Crippen molar-refractivity contribution in [2.45, 2.75) is 56.0 Å². The molecule has 0 unspecified atom stereocenters. The molecular formula is C16H21F5N4O. The SMILES string of the molecule is CN(CC(F)(F)F)C(=O)Nc1nn(C)c(C2CC(F)(F)C2)c1C1CCC1. The third kappa shape index (κ3) is 3.78. The van der Waals surface area contributed by atoms with Crippen LogP contribution in [0, 0.1) is 0 Å². The average Bonchev–Trinajstić information content (AvgIpc) is 2.68. The highest BCUT2D eigenvalue weighted by Crippen LogP contribution is 2.52. The largest absolute Gasteiger partial charge is 0.406 e. The Morgan fingerprint density at radius 2 is 1.92 bits per heavy atom. The van der Waals surface area contributed by atoms with Crippen molar-refractivity contribution in [3.63, 3.8) is 0 Å². The van der Waals surface area contributed by atoms with Gasteiger partial charge in [-0.1, -0.05) is 6.42 Å². The Labute approximate surface area is 147 Å². The van der Waals surface area contributed by atoms with Crippen molar-refractivity contribution < 1.29 is 26.7 Å². The normalized spacial score (nSPS) is 20.4. The van der Waals surface area contributed by atoms with Crippen LogP contribution in [0.2, 0.25) is 0 Å². The second-order valence-corrected chi connectivity index (χ2v) is 7.26. The molecule has 146 valence electrons. The summed E-state index contributed by atoms with van der Waals surface area (Å²) in [6.45, 7) is -1.38. The zero-order valence-corrected chi connectivity index (χ0v) is 14.5. The fourth-order valence-corrected chi connectivity index (χ4v) is 3.62. The Morgan fingerprint density at radius 1 is 1.31 bits per heavy atom. The molecule has 1 aromatic rings. The number of nitrogens with one attached hydrogen (secondary N) is 1. The van der Waals surface area contributed by atoms with Crippen LogP contribution in [0.1, 0.15) is 55.2 Å². The van der Waals surface area contributed by atoms with Gasteiger partial charge in [0.2, 0.25) is 5.92 Å². The van der Waals surface area contributed by atoms with Crippen molar-refractivity contribution in [2.24, 2.45) is 7.05 Å². The van der Waals surface area contributed by atoms with Crippen molar-refractivity contribution in [1.29, 1.82) is 0 Å². The number of hydrogen-bond acceptors (Lipinski definition) is 2. The number of nitrogens with zero attached hydrogens (tertiary/aromatic N) is 3. The quantitative estimate of drug-likeness (QED) is 0.795. The number of aromatic nitrogens is 2. The van der Waals surface area contributed by atoms with E-state index in [-0.39, 0.29) is 30.5 Å². The first kappa shape index (κ1) is 18.9. The molecule has 0 saturated heterocycles. The van der Waals surface area contributed by atoms with Gasteiger partial charge in [0.1, 0.15) is 6.54 Å². The Hall–Kier alpha value is -1.87. The summed E-state index contributed by atoms with van der Waals surface area (Å²) in [4.78, 5) is 12.6. The zero-order chi connectivity index (χ0) is 19.3. The number of rotatable bonds is 4. The van der Waals surface area contributed by atoms with Crippen molar-refractivity contribution in [3.8, 4) is 0 Å². The Kier molecular flexibility index (Phi) is 4.64. The number of carbonyl (C=O) groups is 1. The van der Waals surface area contributed by atoms with Crippen LogP contribution in [0.3, 0.4) is 0 Å². The van der Waals surface area contributed by atoms with Gasteiger partial charge in [0.25, 0.3) is 0 Å². The second-order valence-electron chi connectivity index (χ2n) is 7.26. The lowest BCUT2D eigenvalue weighted by Crippen LogP contribution is -2.39. The topological polar surface area (TPSA) is 50.2 Å². The van der Waals surface area contributed by atoms with Gasteiger partial charge >= 0.3 is 12.2 Å². The van der Waals surface area contributed by atoms with Gasteiger partial charge in [-0.15, -0.1) is 0 Å². The monoisotopic (exact) mass is 380 g/mol. The van der Waals surface area contributed by atoms with Crippen molar-refractivity contribution in [2.75, 3.05) is 18.9 Å². The minimum absolute atomic E-state index is 0.0937. The van der Waals surface area contributed by atoms with Gasteiger partial charge in [0.15, 0.2) is 5.82 Å². The summed E-state index contributed by atoms with van der Waals surface area (Å²) >= 11 is 0. The summed E-state index contributed by atoms with van der Waals surface area (Å²) in [6.07, 6.45) is -2.36. The fraction of sp³-hybridized carbons (Fsp3) is 0.750. The van der Waals surface area contributed by atoms with Crippen LogP contribution in [0.5, 0.6) is 0 Å². The molecule has 2 aliphatic rings. The predicted molar refractivity (Wildman–Crippen MR) is 84.4 cm³/mol. The Morgan fingerprint density at radius 3 is 2.38 bits per heavy atom. The summed E-state index contributed by atoms with van der Waals surface area (Å²) in [5.74, 6) is -2.77. The molecule has 0 aromatic carbocycles. The van der Waals surface area contributed by atoms with Crippen molar-refractivity contribution >= 4 is 11.8 Å². The molecule has 0 spiro atoms. The minimum atomic E-state index is -4.50. The number of hydrogen-bond donors (Lipinski definition) is 1. The van der Waals surface area contributed by atoms with E-state index in [1.165, 1.54) is 4.68 Å². The summed E-state index contributed by atoms with van der Waals surface area (Å²) in [6, 6.07) is -0.925. The number of amides is 2. The highest BCUT2D eigenvalue weighted by atomic mass is 19.4. The van der Waals surface area contributed by atoms with Gasteiger partial charge in [-0.05, 0) is 18.8 Å². The van der Waals surface area contributed by atoms with Gasteiger partial charge in [-0.2, -0.15) is 18.3 Å². The van der Waals surface area contributed by atoms with E-state index in [0.717, 1.165) is 26.3 Å². The van der Waals surface area contributed by atoms with E-state index in [9.17, 15) is 26.7 Å². The van der Waals surface area contributed by atoms with Crippen LogP contribution in [0.15, 0.2) is 0 Å². The zero-order valence-electron chi connectivity index (χ0n) is 14.5. The van der Waals surface area contributed by atoms with E-state index in [0.29, 0.717) is 16.2 Å². The Balaban J connectivity index is 1.82. The van der Waals surface area contributed by atoms with Crippen LogP contribution in [0.4, 0.5) is 32.6 Å². The predicted octanol–water partition coefficient (Wildman–Crippen LogP) is 4.23. The molecule has 0 atom stereocenters. The molecule has 26 heavy (non-hydrogen) atoms. The maximum absolute atomic E-state index is 13.3.